The van der Waals surface area contributed by atoms with Crippen LogP contribution in [0.15, 0.2) is 60.8 Å². The lowest BCUT2D eigenvalue weighted by atomic mass is 9.92. The molecule has 0 radical (unpaired) electrons. The number of aromatic nitrogens is 2. The zero-order valence-electron chi connectivity index (χ0n) is 20.7. The first-order chi connectivity index (χ1) is 18.6. The number of carbonyl (C=O) groups excluding carboxylic acids is 2. The Morgan fingerprint density at radius 3 is 2.66 bits per heavy atom. The lowest BCUT2D eigenvalue weighted by Crippen LogP contribution is -2.40. The molecule has 8 heteroatoms. The molecule has 3 aromatic carbocycles. The number of morpholine rings is 1. The molecule has 8 nitrogen and oxygen atoms in total. The lowest BCUT2D eigenvalue weighted by Gasteiger charge is -2.26. The SMILES string of the molecule is C#Cc1cc2cnc(Nc3ccc(C(=O)N4CCOCC4)cc3)nc2cc1-c1ccc2c(c1)CCNC2=O. The number of nitrogens with zero attached hydrogens (tertiary/aromatic N) is 3. The van der Waals surface area contributed by atoms with Crippen LogP contribution in [0, 0.1) is 12.3 Å². The average Bonchev–Trinajstić information content (AvgIpc) is 2.97. The summed E-state index contributed by atoms with van der Waals surface area (Å²) in [6.45, 7) is 2.97. The molecule has 1 aromatic heterocycles. The van der Waals surface area contributed by atoms with Crippen LogP contribution in [-0.4, -0.2) is 59.5 Å². The van der Waals surface area contributed by atoms with E-state index in [2.05, 4.69) is 21.5 Å². The molecule has 2 amide bonds. The fourth-order valence-corrected chi connectivity index (χ4v) is 4.87. The number of terminal acetylenes is 1. The van der Waals surface area contributed by atoms with E-state index in [1.165, 1.54) is 0 Å². The second-order valence-electron chi connectivity index (χ2n) is 9.28. The van der Waals surface area contributed by atoms with Gasteiger partial charge in [-0.15, -0.1) is 6.42 Å². The van der Waals surface area contributed by atoms with E-state index in [0.717, 1.165) is 45.3 Å². The van der Waals surface area contributed by atoms with Crippen molar-refractivity contribution in [2.24, 2.45) is 0 Å². The third-order valence-electron chi connectivity index (χ3n) is 6.90. The van der Waals surface area contributed by atoms with E-state index in [-0.39, 0.29) is 11.8 Å². The van der Waals surface area contributed by atoms with Gasteiger partial charge < -0.3 is 20.3 Å². The predicted molar refractivity (Wildman–Crippen MR) is 145 cm³/mol. The van der Waals surface area contributed by atoms with Crippen LogP contribution in [0.2, 0.25) is 0 Å². The number of carbonyl (C=O) groups is 2. The van der Waals surface area contributed by atoms with Crippen LogP contribution in [0.1, 0.15) is 31.8 Å². The maximum absolute atomic E-state index is 12.7. The maximum Gasteiger partial charge on any atom is 0.254 e. The van der Waals surface area contributed by atoms with Crippen LogP contribution in [0.4, 0.5) is 11.6 Å². The lowest BCUT2D eigenvalue weighted by molar-refractivity contribution is 0.0303. The molecular formula is C30H25N5O3. The van der Waals surface area contributed by atoms with E-state index in [9.17, 15) is 9.59 Å². The summed E-state index contributed by atoms with van der Waals surface area (Å²) in [6.07, 6.45) is 8.37. The summed E-state index contributed by atoms with van der Waals surface area (Å²) in [6, 6.07) is 17.0. The Kier molecular flexibility index (Phi) is 6.20. The molecule has 0 spiro atoms. The molecule has 0 aliphatic carbocycles. The van der Waals surface area contributed by atoms with Crippen molar-refractivity contribution < 1.29 is 14.3 Å². The maximum atomic E-state index is 12.7. The van der Waals surface area contributed by atoms with Crippen molar-refractivity contribution in [2.75, 3.05) is 38.2 Å². The van der Waals surface area contributed by atoms with Crippen molar-refractivity contribution in [3.63, 3.8) is 0 Å². The molecule has 3 heterocycles. The van der Waals surface area contributed by atoms with Crippen LogP contribution >= 0.6 is 0 Å². The highest BCUT2D eigenvalue weighted by Gasteiger charge is 2.19. The first-order valence-corrected chi connectivity index (χ1v) is 12.5. The molecule has 2 aliphatic heterocycles. The molecule has 38 heavy (non-hydrogen) atoms. The smallest absolute Gasteiger partial charge is 0.254 e. The van der Waals surface area contributed by atoms with Gasteiger partial charge in [0.15, 0.2) is 0 Å². The number of benzene rings is 3. The number of anilines is 2. The minimum absolute atomic E-state index is 0.00135. The second-order valence-corrected chi connectivity index (χ2v) is 9.28. The number of fused-ring (bicyclic) bond motifs is 2. The molecule has 1 fully saturated rings. The van der Waals surface area contributed by atoms with Crippen LogP contribution in [-0.2, 0) is 11.2 Å². The van der Waals surface area contributed by atoms with Gasteiger partial charge in [0, 0.05) is 53.6 Å². The number of rotatable bonds is 4. The van der Waals surface area contributed by atoms with Gasteiger partial charge in [-0.25, -0.2) is 9.97 Å². The Labute approximate surface area is 220 Å². The number of nitrogens with one attached hydrogen (secondary N) is 2. The normalized spacial score (nSPS) is 14.9. The van der Waals surface area contributed by atoms with Crippen LogP contribution < -0.4 is 10.6 Å². The number of ether oxygens (including phenoxy) is 1. The van der Waals surface area contributed by atoms with Gasteiger partial charge in [-0.2, -0.15) is 0 Å². The van der Waals surface area contributed by atoms with E-state index >= 15 is 0 Å². The summed E-state index contributed by atoms with van der Waals surface area (Å²) < 4.78 is 5.33. The minimum atomic E-state index is -0.0459. The molecule has 0 unspecified atom stereocenters. The molecular weight excluding hydrogens is 478 g/mol. The zero-order valence-corrected chi connectivity index (χ0v) is 20.7. The van der Waals surface area contributed by atoms with Crippen molar-refractivity contribution in [1.82, 2.24) is 20.2 Å². The highest BCUT2D eigenvalue weighted by molar-refractivity contribution is 5.98. The summed E-state index contributed by atoms with van der Waals surface area (Å²) in [7, 11) is 0. The van der Waals surface area contributed by atoms with Crippen LogP contribution in [0.5, 0.6) is 0 Å². The van der Waals surface area contributed by atoms with E-state index in [1.54, 1.807) is 23.2 Å². The third kappa shape index (κ3) is 4.56. The van der Waals surface area contributed by atoms with Gasteiger partial charge in [-0.1, -0.05) is 18.1 Å². The summed E-state index contributed by atoms with van der Waals surface area (Å²) in [5.41, 5.74) is 6.42. The van der Waals surface area contributed by atoms with Crippen LogP contribution in [0.3, 0.4) is 0 Å². The van der Waals surface area contributed by atoms with Crippen molar-refractivity contribution in [3.8, 4) is 23.5 Å². The van der Waals surface area contributed by atoms with Gasteiger partial charge in [-0.3, -0.25) is 9.59 Å². The summed E-state index contributed by atoms with van der Waals surface area (Å²) in [4.78, 5) is 35.8. The van der Waals surface area contributed by atoms with Gasteiger partial charge in [0.05, 0.1) is 18.7 Å². The molecule has 1 saturated heterocycles. The summed E-state index contributed by atoms with van der Waals surface area (Å²) in [5.74, 6) is 3.17. The molecule has 188 valence electrons. The molecule has 2 aliphatic rings. The highest BCUT2D eigenvalue weighted by Crippen LogP contribution is 2.30. The first-order valence-electron chi connectivity index (χ1n) is 12.5. The Hall–Kier alpha value is -4.74. The number of hydrogen-bond acceptors (Lipinski definition) is 6. The summed E-state index contributed by atoms with van der Waals surface area (Å²) >= 11 is 0. The Morgan fingerprint density at radius 2 is 1.87 bits per heavy atom. The Bertz CT molecular complexity index is 1600. The van der Waals surface area contributed by atoms with Crippen molar-refractivity contribution in [3.05, 3.63) is 83.0 Å². The number of amides is 2. The molecule has 0 atom stereocenters. The van der Waals surface area contributed by atoms with Gasteiger partial charge >= 0.3 is 0 Å². The van der Waals surface area contributed by atoms with Crippen molar-refractivity contribution in [2.45, 2.75) is 6.42 Å². The molecule has 4 aromatic rings. The Morgan fingerprint density at radius 1 is 1.05 bits per heavy atom. The Balaban J connectivity index is 1.27. The zero-order chi connectivity index (χ0) is 26.1. The third-order valence-corrected chi connectivity index (χ3v) is 6.90. The van der Waals surface area contributed by atoms with Crippen molar-refractivity contribution >= 4 is 34.4 Å². The number of hydrogen-bond donors (Lipinski definition) is 2. The largest absolute Gasteiger partial charge is 0.378 e. The van der Waals surface area contributed by atoms with Gasteiger partial charge in [-0.05, 0) is 65.6 Å². The van der Waals surface area contributed by atoms with E-state index in [0.29, 0.717) is 49.9 Å². The minimum Gasteiger partial charge on any atom is -0.378 e. The average molecular weight is 504 g/mol. The molecule has 6 rings (SSSR count). The standard InChI is InChI=1S/C30H25N5O3/c1-2-19-15-23-18-32-30(33-24-6-3-20(4-7-24)29(37)35-11-13-38-14-12-35)34-27(23)17-26(19)21-5-8-25-22(16-21)9-10-31-28(25)36/h1,3-8,15-18H,9-14H2,(H,31,36)(H,32,33,34). The summed E-state index contributed by atoms with van der Waals surface area (Å²) in [5, 5.41) is 6.93. The van der Waals surface area contributed by atoms with Crippen LogP contribution in [0.25, 0.3) is 22.0 Å². The molecule has 0 bridgehead atoms. The quantitative estimate of drug-likeness (QED) is 0.412. The predicted octanol–water partition coefficient (Wildman–Crippen LogP) is 3.78. The second kappa shape index (κ2) is 9.96. The molecule has 2 N–H and O–H groups in total. The van der Waals surface area contributed by atoms with E-state index < -0.39 is 0 Å². The molecule has 0 saturated carbocycles. The monoisotopic (exact) mass is 503 g/mol. The highest BCUT2D eigenvalue weighted by atomic mass is 16.5. The topological polar surface area (TPSA) is 96.5 Å². The fourth-order valence-electron chi connectivity index (χ4n) is 4.87. The van der Waals surface area contributed by atoms with Gasteiger partial charge in [0.2, 0.25) is 5.95 Å². The van der Waals surface area contributed by atoms with Gasteiger partial charge in [0.25, 0.3) is 11.8 Å². The van der Waals surface area contributed by atoms with Gasteiger partial charge in [0.1, 0.15) is 0 Å². The fraction of sp³-hybridized carbons (Fsp3) is 0.200. The van der Waals surface area contributed by atoms with E-state index in [4.69, 9.17) is 16.1 Å². The van der Waals surface area contributed by atoms with E-state index in [1.807, 2.05) is 42.5 Å². The van der Waals surface area contributed by atoms with Crippen molar-refractivity contribution in [1.29, 1.82) is 0 Å². The first kappa shape index (κ1) is 23.6.